The zero-order valence-corrected chi connectivity index (χ0v) is 14.1. The highest BCUT2D eigenvalue weighted by Crippen LogP contribution is 2.22. The average molecular weight is 374 g/mol. The van der Waals surface area contributed by atoms with Gasteiger partial charge < -0.3 is 5.32 Å². The Morgan fingerprint density at radius 3 is 2.76 bits per heavy atom. The fourth-order valence-corrected chi connectivity index (χ4v) is 3.52. The molecule has 0 radical (unpaired) electrons. The number of rotatable bonds is 6. The summed E-state index contributed by atoms with van der Waals surface area (Å²) in [5.41, 5.74) is 0.974. The summed E-state index contributed by atoms with van der Waals surface area (Å²) in [7, 11) is -0.172. The molecule has 0 unspecified atom stereocenters. The van der Waals surface area contributed by atoms with Gasteiger partial charge in [0.25, 0.3) is 0 Å². The number of hydrogen-bond donors (Lipinski definition) is 2. The smallest absolute Gasteiger partial charge is 0.244 e. The van der Waals surface area contributed by atoms with Gasteiger partial charge in [-0.25, -0.2) is 18.1 Å². The van der Waals surface area contributed by atoms with Crippen molar-refractivity contribution in [2.45, 2.75) is 11.3 Å². The van der Waals surface area contributed by atoms with Gasteiger partial charge in [0.2, 0.25) is 10.0 Å². The fraction of sp³-hybridized carbons (Fsp3) is 0.333. The molecule has 2 heterocycles. The van der Waals surface area contributed by atoms with Gasteiger partial charge in [-0.05, 0) is 34.0 Å². The van der Waals surface area contributed by atoms with E-state index in [0.29, 0.717) is 23.3 Å². The number of nitrogens with one attached hydrogen (secondary N) is 2. The molecular weight excluding hydrogens is 358 g/mol. The van der Waals surface area contributed by atoms with Crippen LogP contribution in [0.5, 0.6) is 0 Å². The molecule has 7 nitrogen and oxygen atoms in total. The lowest BCUT2D eigenvalue weighted by Gasteiger charge is -2.10. The van der Waals surface area contributed by atoms with Gasteiger partial charge in [-0.3, -0.25) is 4.68 Å². The number of hydrogen-bond acceptors (Lipinski definition) is 5. The summed E-state index contributed by atoms with van der Waals surface area (Å²) in [6.07, 6.45) is 5.69. The lowest BCUT2D eigenvalue weighted by Crippen LogP contribution is -2.27. The maximum absolute atomic E-state index is 12.3. The molecule has 0 aliphatic rings. The first-order valence-corrected chi connectivity index (χ1v) is 8.50. The zero-order chi connectivity index (χ0) is 15.5. The van der Waals surface area contributed by atoms with Gasteiger partial charge >= 0.3 is 0 Å². The number of pyridine rings is 1. The quantitative estimate of drug-likeness (QED) is 0.792. The average Bonchev–Trinajstić information content (AvgIpc) is 2.84. The standard InChI is InChI=1S/C12H16BrN5O2S/c1-14-12-11(5-10(13)7-15-12)21(19,20)17-4-3-9-6-16-18(2)8-9/h5-8,17H,3-4H2,1-2H3,(H,14,15). The van der Waals surface area contributed by atoms with Crippen LogP contribution in [0.1, 0.15) is 5.56 Å². The van der Waals surface area contributed by atoms with Crippen molar-refractivity contribution in [3.05, 3.63) is 34.7 Å². The zero-order valence-electron chi connectivity index (χ0n) is 11.7. The van der Waals surface area contributed by atoms with Crippen LogP contribution in [0, 0.1) is 0 Å². The van der Waals surface area contributed by atoms with Crippen molar-refractivity contribution < 1.29 is 8.42 Å². The first kappa shape index (κ1) is 15.9. The minimum atomic E-state index is -3.62. The molecule has 21 heavy (non-hydrogen) atoms. The summed E-state index contributed by atoms with van der Waals surface area (Å²) in [6.45, 7) is 0.295. The van der Waals surface area contributed by atoms with E-state index in [9.17, 15) is 8.42 Å². The molecular formula is C12H16BrN5O2S. The van der Waals surface area contributed by atoms with E-state index >= 15 is 0 Å². The molecule has 0 aliphatic carbocycles. The topological polar surface area (TPSA) is 88.9 Å². The lowest BCUT2D eigenvalue weighted by atomic mass is 10.3. The van der Waals surface area contributed by atoms with E-state index in [1.54, 1.807) is 24.1 Å². The third-order valence-electron chi connectivity index (χ3n) is 2.81. The summed E-state index contributed by atoms with van der Waals surface area (Å²) in [5.74, 6) is 0.312. The second-order valence-corrected chi connectivity index (χ2v) is 7.07. The van der Waals surface area contributed by atoms with E-state index in [1.807, 2.05) is 13.2 Å². The third-order valence-corrected chi connectivity index (χ3v) is 4.72. The van der Waals surface area contributed by atoms with Crippen molar-refractivity contribution in [2.24, 2.45) is 7.05 Å². The molecule has 2 aromatic rings. The van der Waals surface area contributed by atoms with Crippen LogP contribution in [-0.4, -0.2) is 36.8 Å². The second kappa shape index (κ2) is 6.54. The van der Waals surface area contributed by atoms with Crippen molar-refractivity contribution in [1.29, 1.82) is 0 Å². The van der Waals surface area contributed by atoms with E-state index in [4.69, 9.17) is 0 Å². The Labute approximate surface area is 132 Å². The number of anilines is 1. The predicted octanol–water partition coefficient (Wildman–Crippen LogP) is 1.14. The Bertz CT molecular complexity index is 729. The van der Waals surface area contributed by atoms with Gasteiger partial charge in [-0.2, -0.15) is 5.10 Å². The molecule has 9 heteroatoms. The van der Waals surface area contributed by atoms with Crippen LogP contribution in [0.25, 0.3) is 0 Å². The van der Waals surface area contributed by atoms with Gasteiger partial charge in [-0.1, -0.05) is 0 Å². The summed E-state index contributed by atoms with van der Waals surface area (Å²) >= 11 is 3.23. The van der Waals surface area contributed by atoms with Crippen LogP contribution in [0.3, 0.4) is 0 Å². The Kier molecular flexibility index (Phi) is 4.96. The molecule has 0 aromatic carbocycles. The number of sulfonamides is 1. The highest BCUT2D eigenvalue weighted by Gasteiger charge is 2.19. The summed E-state index contributed by atoms with van der Waals surface area (Å²) < 4.78 is 29.5. The van der Waals surface area contributed by atoms with Crippen molar-refractivity contribution in [2.75, 3.05) is 18.9 Å². The molecule has 0 bridgehead atoms. The second-order valence-electron chi connectivity index (χ2n) is 4.42. The van der Waals surface area contributed by atoms with Crippen LogP contribution in [0.2, 0.25) is 0 Å². The van der Waals surface area contributed by atoms with Crippen molar-refractivity contribution in [3.8, 4) is 0 Å². The molecule has 0 amide bonds. The van der Waals surface area contributed by atoms with Gasteiger partial charge in [-0.15, -0.1) is 0 Å². The van der Waals surface area contributed by atoms with Crippen molar-refractivity contribution >= 4 is 31.8 Å². The van der Waals surface area contributed by atoms with E-state index in [1.165, 1.54) is 6.07 Å². The third kappa shape index (κ3) is 4.02. The largest absolute Gasteiger partial charge is 0.372 e. The van der Waals surface area contributed by atoms with E-state index in [-0.39, 0.29) is 4.90 Å². The fourth-order valence-electron chi connectivity index (χ4n) is 1.82. The normalized spacial score (nSPS) is 11.6. The number of aromatic nitrogens is 3. The minimum absolute atomic E-state index is 0.116. The number of halogens is 1. The summed E-state index contributed by atoms with van der Waals surface area (Å²) in [5, 5.41) is 6.82. The van der Waals surface area contributed by atoms with Crippen LogP contribution < -0.4 is 10.0 Å². The van der Waals surface area contributed by atoms with Crippen LogP contribution >= 0.6 is 15.9 Å². The highest BCUT2D eigenvalue weighted by atomic mass is 79.9. The Hall–Kier alpha value is -1.45. The molecule has 0 saturated carbocycles. The molecule has 0 aliphatic heterocycles. The first-order chi connectivity index (χ1) is 9.92. The molecule has 2 N–H and O–H groups in total. The Balaban J connectivity index is 2.09. The Morgan fingerprint density at radius 1 is 1.38 bits per heavy atom. The maximum atomic E-state index is 12.3. The SMILES string of the molecule is CNc1ncc(Br)cc1S(=O)(=O)NCCc1cnn(C)c1. The van der Waals surface area contributed by atoms with E-state index in [2.05, 4.69) is 36.1 Å². The van der Waals surface area contributed by atoms with Crippen LogP contribution in [0.4, 0.5) is 5.82 Å². The van der Waals surface area contributed by atoms with Crippen molar-refractivity contribution in [1.82, 2.24) is 19.5 Å². The molecule has 0 saturated heterocycles. The van der Waals surface area contributed by atoms with Crippen molar-refractivity contribution in [3.63, 3.8) is 0 Å². The minimum Gasteiger partial charge on any atom is -0.372 e. The summed E-state index contributed by atoms with van der Waals surface area (Å²) in [6, 6.07) is 1.52. The van der Waals surface area contributed by atoms with Gasteiger partial charge in [0.15, 0.2) is 0 Å². The molecule has 2 aromatic heterocycles. The monoisotopic (exact) mass is 373 g/mol. The van der Waals surface area contributed by atoms with E-state index < -0.39 is 10.0 Å². The number of nitrogens with zero attached hydrogens (tertiary/aromatic N) is 3. The van der Waals surface area contributed by atoms with Crippen LogP contribution in [0.15, 0.2) is 34.0 Å². The molecule has 0 spiro atoms. The van der Waals surface area contributed by atoms with E-state index in [0.717, 1.165) is 5.56 Å². The molecule has 2 rings (SSSR count). The Morgan fingerprint density at radius 2 is 2.14 bits per heavy atom. The molecule has 114 valence electrons. The van der Waals surface area contributed by atoms with Gasteiger partial charge in [0, 0.05) is 37.5 Å². The van der Waals surface area contributed by atoms with Gasteiger partial charge in [0.1, 0.15) is 10.7 Å². The highest BCUT2D eigenvalue weighted by molar-refractivity contribution is 9.10. The number of aryl methyl sites for hydroxylation is 1. The molecule has 0 fully saturated rings. The maximum Gasteiger partial charge on any atom is 0.244 e. The first-order valence-electron chi connectivity index (χ1n) is 6.23. The molecule has 0 atom stereocenters. The predicted molar refractivity (Wildman–Crippen MR) is 83.6 cm³/mol. The van der Waals surface area contributed by atoms with Gasteiger partial charge in [0.05, 0.1) is 6.20 Å². The summed E-state index contributed by atoms with van der Waals surface area (Å²) in [4.78, 5) is 4.16. The lowest BCUT2D eigenvalue weighted by molar-refractivity contribution is 0.581. The van der Waals surface area contributed by atoms with Crippen LogP contribution in [-0.2, 0) is 23.5 Å².